The van der Waals surface area contributed by atoms with Crippen molar-refractivity contribution >= 4 is 11.3 Å². The van der Waals surface area contributed by atoms with Crippen LogP contribution in [-0.4, -0.2) is 33.7 Å². The number of hydrogen-bond donors (Lipinski definition) is 1. The first-order valence-corrected chi connectivity index (χ1v) is 5.35. The average Bonchev–Trinajstić information content (AvgIpc) is 2.54. The van der Waals surface area contributed by atoms with Crippen molar-refractivity contribution in [2.45, 2.75) is 18.6 Å². The summed E-state index contributed by atoms with van der Waals surface area (Å²) in [6, 6.07) is 2.00. The van der Waals surface area contributed by atoms with Crippen LogP contribution in [0, 0.1) is 11.3 Å². The highest BCUT2D eigenvalue weighted by Crippen LogP contribution is 2.25. The first-order valence-electron chi connectivity index (χ1n) is 4.41. The van der Waals surface area contributed by atoms with E-state index in [4.69, 9.17) is 5.26 Å². The van der Waals surface area contributed by atoms with Gasteiger partial charge in [-0.1, -0.05) is 0 Å². The molecule has 4 nitrogen and oxygen atoms in total. The fourth-order valence-electron chi connectivity index (χ4n) is 1.70. The highest BCUT2D eigenvalue weighted by molar-refractivity contribution is 7.07. The Morgan fingerprint density at radius 3 is 3.07 bits per heavy atom. The Labute approximate surface area is 86.4 Å². The smallest absolute Gasteiger partial charge is 0.103 e. The number of hydrogen-bond acceptors (Lipinski definition) is 5. The zero-order chi connectivity index (χ0) is 10.0. The van der Waals surface area contributed by atoms with E-state index in [1.165, 1.54) is 0 Å². The lowest BCUT2D eigenvalue weighted by atomic mass is 9.91. The predicted octanol–water partition coefficient (Wildman–Crippen LogP) is 0.603. The summed E-state index contributed by atoms with van der Waals surface area (Å²) in [7, 11) is 0. The first-order chi connectivity index (χ1) is 6.72. The minimum Gasteiger partial charge on any atom is -0.386 e. The van der Waals surface area contributed by atoms with Crippen LogP contribution in [0.3, 0.4) is 0 Å². The van der Waals surface area contributed by atoms with Crippen LogP contribution in [0.15, 0.2) is 10.9 Å². The van der Waals surface area contributed by atoms with Crippen molar-refractivity contribution in [2.24, 2.45) is 0 Å². The van der Waals surface area contributed by atoms with Gasteiger partial charge in [0.05, 0.1) is 23.7 Å². The van der Waals surface area contributed by atoms with Gasteiger partial charge >= 0.3 is 0 Å². The summed E-state index contributed by atoms with van der Waals surface area (Å²) in [6.07, 6.45) is 0.223. The molecule has 0 spiro atoms. The molecule has 1 N–H and O–H groups in total. The number of thiazole rings is 1. The summed E-state index contributed by atoms with van der Waals surface area (Å²) in [4.78, 5) is 6.25. The molecule has 1 aromatic rings. The minimum atomic E-state index is -0.773. The van der Waals surface area contributed by atoms with Crippen LogP contribution < -0.4 is 0 Å². The Morgan fingerprint density at radius 2 is 2.50 bits per heavy atom. The van der Waals surface area contributed by atoms with E-state index in [1.54, 1.807) is 16.8 Å². The Hall–Kier alpha value is -0.960. The van der Waals surface area contributed by atoms with Gasteiger partial charge in [-0.3, -0.25) is 4.90 Å². The number of nitriles is 1. The highest BCUT2D eigenvalue weighted by atomic mass is 32.1. The zero-order valence-corrected chi connectivity index (χ0v) is 8.50. The van der Waals surface area contributed by atoms with E-state index in [2.05, 4.69) is 9.88 Å². The van der Waals surface area contributed by atoms with E-state index in [0.29, 0.717) is 13.1 Å². The van der Waals surface area contributed by atoms with Gasteiger partial charge in [0, 0.05) is 25.0 Å². The maximum Gasteiger partial charge on any atom is 0.103 e. The molecule has 1 aliphatic heterocycles. The molecule has 74 valence electrons. The van der Waals surface area contributed by atoms with Crippen molar-refractivity contribution in [1.29, 1.82) is 5.26 Å². The molecule has 0 amide bonds. The summed E-state index contributed by atoms with van der Waals surface area (Å²) >= 11 is 1.57. The largest absolute Gasteiger partial charge is 0.386 e. The summed E-state index contributed by atoms with van der Waals surface area (Å²) in [6.45, 7) is 1.94. The third-order valence-corrected chi connectivity index (χ3v) is 2.95. The lowest BCUT2D eigenvalue weighted by Crippen LogP contribution is -2.60. The van der Waals surface area contributed by atoms with Crippen molar-refractivity contribution in [2.75, 3.05) is 13.1 Å². The zero-order valence-electron chi connectivity index (χ0n) is 7.68. The Bertz CT molecular complexity index is 337. The molecule has 1 fully saturated rings. The van der Waals surface area contributed by atoms with Gasteiger partial charge in [-0.15, -0.1) is 11.3 Å². The molecule has 0 aliphatic carbocycles. The molecule has 2 rings (SSSR count). The summed E-state index contributed by atoms with van der Waals surface area (Å²) in [5, 5.41) is 20.2. The van der Waals surface area contributed by atoms with E-state index in [-0.39, 0.29) is 6.42 Å². The number of aliphatic hydroxyl groups is 1. The van der Waals surface area contributed by atoms with Gasteiger partial charge in [0.25, 0.3) is 0 Å². The SMILES string of the molecule is N#CCC1(O)CN(Cc2cscn2)C1. The molecule has 0 saturated carbocycles. The molecule has 0 bridgehead atoms. The second-order valence-electron chi connectivity index (χ2n) is 3.68. The predicted molar refractivity (Wildman–Crippen MR) is 52.6 cm³/mol. The molecule has 0 atom stereocenters. The molecule has 5 heteroatoms. The van der Waals surface area contributed by atoms with Gasteiger partial charge in [-0.2, -0.15) is 5.26 Å². The Morgan fingerprint density at radius 1 is 1.71 bits per heavy atom. The highest BCUT2D eigenvalue weighted by Gasteiger charge is 2.40. The van der Waals surface area contributed by atoms with Gasteiger partial charge in [-0.25, -0.2) is 4.98 Å². The van der Waals surface area contributed by atoms with Crippen LogP contribution in [0.4, 0.5) is 0 Å². The lowest BCUT2D eigenvalue weighted by molar-refractivity contribution is -0.0978. The monoisotopic (exact) mass is 209 g/mol. The molecule has 14 heavy (non-hydrogen) atoms. The topological polar surface area (TPSA) is 60.1 Å². The number of aromatic nitrogens is 1. The van der Waals surface area contributed by atoms with Gasteiger partial charge in [0.1, 0.15) is 5.60 Å². The number of likely N-dealkylation sites (tertiary alicyclic amines) is 1. The van der Waals surface area contributed by atoms with Gasteiger partial charge in [0.2, 0.25) is 0 Å². The number of rotatable bonds is 3. The second-order valence-corrected chi connectivity index (χ2v) is 4.40. The van der Waals surface area contributed by atoms with Crippen LogP contribution in [0.25, 0.3) is 0 Å². The van der Waals surface area contributed by atoms with Crippen molar-refractivity contribution in [1.82, 2.24) is 9.88 Å². The molecule has 0 unspecified atom stereocenters. The van der Waals surface area contributed by atoms with E-state index in [9.17, 15) is 5.11 Å². The lowest BCUT2D eigenvalue weighted by Gasteiger charge is -2.45. The number of β-amino-alcohol motifs (C(OH)–C–C–N with tert-alkyl or cyclic N) is 1. The van der Waals surface area contributed by atoms with Crippen LogP contribution >= 0.6 is 11.3 Å². The van der Waals surface area contributed by atoms with Crippen molar-refractivity contribution in [3.8, 4) is 6.07 Å². The minimum absolute atomic E-state index is 0.223. The summed E-state index contributed by atoms with van der Waals surface area (Å²) in [5.74, 6) is 0. The molecular formula is C9H11N3OS. The molecule has 1 aromatic heterocycles. The van der Waals surface area contributed by atoms with Crippen molar-refractivity contribution in [3.05, 3.63) is 16.6 Å². The first kappa shape index (κ1) is 9.59. The number of nitrogens with zero attached hydrogens (tertiary/aromatic N) is 3. The maximum atomic E-state index is 9.73. The maximum absolute atomic E-state index is 9.73. The van der Waals surface area contributed by atoms with E-state index >= 15 is 0 Å². The van der Waals surface area contributed by atoms with Crippen molar-refractivity contribution < 1.29 is 5.11 Å². The van der Waals surface area contributed by atoms with Crippen LogP contribution in [0.1, 0.15) is 12.1 Å². The quantitative estimate of drug-likeness (QED) is 0.792. The van der Waals surface area contributed by atoms with Crippen LogP contribution in [0.5, 0.6) is 0 Å². The standard InChI is InChI=1S/C9H11N3OS/c10-2-1-9(13)5-12(6-9)3-8-4-14-7-11-8/h4,7,13H,1,3,5-6H2. The summed E-state index contributed by atoms with van der Waals surface area (Å²) < 4.78 is 0. The fourth-order valence-corrected chi connectivity index (χ4v) is 2.25. The van der Waals surface area contributed by atoms with Crippen molar-refractivity contribution in [3.63, 3.8) is 0 Å². The normalized spacial score (nSPS) is 20.0. The molecule has 0 aromatic carbocycles. The van der Waals surface area contributed by atoms with E-state index < -0.39 is 5.60 Å². The van der Waals surface area contributed by atoms with E-state index in [1.807, 2.05) is 11.4 Å². The second kappa shape index (κ2) is 3.65. The Kier molecular flexibility index (Phi) is 2.50. The Balaban J connectivity index is 1.81. The molecule has 1 aliphatic rings. The third-order valence-electron chi connectivity index (χ3n) is 2.31. The third kappa shape index (κ3) is 1.93. The fraction of sp³-hybridized carbons (Fsp3) is 0.556. The summed E-state index contributed by atoms with van der Waals surface area (Å²) in [5.41, 5.74) is 2.07. The van der Waals surface area contributed by atoms with Crippen LogP contribution in [-0.2, 0) is 6.54 Å². The van der Waals surface area contributed by atoms with Gasteiger partial charge in [0.15, 0.2) is 0 Å². The molecular weight excluding hydrogens is 198 g/mol. The molecule has 1 saturated heterocycles. The van der Waals surface area contributed by atoms with Gasteiger partial charge < -0.3 is 5.11 Å². The molecule has 2 heterocycles. The van der Waals surface area contributed by atoms with E-state index in [0.717, 1.165) is 12.2 Å². The van der Waals surface area contributed by atoms with Gasteiger partial charge in [-0.05, 0) is 0 Å². The molecule has 0 radical (unpaired) electrons. The average molecular weight is 209 g/mol. The van der Waals surface area contributed by atoms with Crippen LogP contribution in [0.2, 0.25) is 0 Å².